The van der Waals surface area contributed by atoms with E-state index in [1.165, 1.54) is 11.7 Å². The van der Waals surface area contributed by atoms with Crippen molar-refractivity contribution in [2.45, 2.75) is 39.2 Å². The number of fused-ring (bicyclic) bond motifs is 1. The third-order valence-corrected chi connectivity index (χ3v) is 4.84. The van der Waals surface area contributed by atoms with Crippen LogP contribution in [0.15, 0.2) is 33.9 Å². The van der Waals surface area contributed by atoms with Crippen LogP contribution in [0.2, 0.25) is 0 Å². The smallest absolute Gasteiger partial charge is 0.329 e. The van der Waals surface area contributed by atoms with Crippen molar-refractivity contribution in [1.82, 2.24) is 9.55 Å². The largest absolute Gasteiger partial charge is 0.495 e. The normalized spacial score (nSPS) is 15.6. The van der Waals surface area contributed by atoms with Crippen LogP contribution >= 0.6 is 0 Å². The Morgan fingerprint density at radius 1 is 1.28 bits per heavy atom. The van der Waals surface area contributed by atoms with Crippen LogP contribution in [-0.2, 0) is 16.1 Å². The molecular weight excluding hydrogens is 376 g/mol. The molecule has 0 saturated heterocycles. The number of hydrogen-bond donors (Lipinski definition) is 3. The number of carbonyl (C=O) groups is 2. The highest BCUT2D eigenvalue weighted by Gasteiger charge is 2.35. The molecule has 0 fully saturated rings. The Morgan fingerprint density at radius 2 is 2.00 bits per heavy atom. The van der Waals surface area contributed by atoms with E-state index in [9.17, 15) is 19.2 Å². The van der Waals surface area contributed by atoms with Gasteiger partial charge in [0.1, 0.15) is 11.6 Å². The molecule has 0 unspecified atom stereocenters. The van der Waals surface area contributed by atoms with Crippen LogP contribution in [0.3, 0.4) is 0 Å². The van der Waals surface area contributed by atoms with E-state index in [4.69, 9.17) is 4.74 Å². The number of H-pyrrole nitrogens is 1. The number of amides is 2. The minimum Gasteiger partial charge on any atom is -0.495 e. The van der Waals surface area contributed by atoms with Crippen molar-refractivity contribution in [1.29, 1.82) is 0 Å². The van der Waals surface area contributed by atoms with Crippen LogP contribution in [0.5, 0.6) is 5.75 Å². The lowest BCUT2D eigenvalue weighted by Crippen LogP contribution is -2.42. The predicted octanol–water partition coefficient (Wildman–Crippen LogP) is 1.66. The number of ether oxygens (including phenoxy) is 1. The Morgan fingerprint density at radius 3 is 2.69 bits per heavy atom. The molecule has 2 amide bonds. The number of carbonyl (C=O) groups excluding carboxylic acids is 2. The van der Waals surface area contributed by atoms with Gasteiger partial charge in [-0.3, -0.25) is 23.9 Å². The topological polar surface area (TPSA) is 122 Å². The van der Waals surface area contributed by atoms with Gasteiger partial charge in [0.05, 0.1) is 24.3 Å². The monoisotopic (exact) mass is 400 g/mol. The van der Waals surface area contributed by atoms with Crippen molar-refractivity contribution in [2.75, 3.05) is 17.7 Å². The van der Waals surface area contributed by atoms with Crippen molar-refractivity contribution in [3.63, 3.8) is 0 Å². The van der Waals surface area contributed by atoms with Crippen LogP contribution in [0.4, 0.5) is 11.5 Å². The van der Waals surface area contributed by atoms with Crippen LogP contribution in [0.1, 0.15) is 38.2 Å². The maximum Gasteiger partial charge on any atom is 0.329 e. The van der Waals surface area contributed by atoms with Crippen molar-refractivity contribution in [3.8, 4) is 5.75 Å². The van der Waals surface area contributed by atoms with Crippen LogP contribution in [0, 0.1) is 5.92 Å². The lowest BCUT2D eigenvalue weighted by atomic mass is 9.92. The average molecular weight is 400 g/mol. The van der Waals surface area contributed by atoms with Gasteiger partial charge in [0, 0.05) is 13.0 Å². The highest BCUT2D eigenvalue weighted by atomic mass is 16.5. The molecule has 3 rings (SSSR count). The van der Waals surface area contributed by atoms with Gasteiger partial charge in [-0.1, -0.05) is 26.0 Å². The summed E-state index contributed by atoms with van der Waals surface area (Å²) in [5.41, 5.74) is -0.774. The number of para-hydroxylation sites is 2. The molecule has 0 aliphatic carbocycles. The van der Waals surface area contributed by atoms with Gasteiger partial charge in [-0.05, 0) is 24.5 Å². The Kier molecular flexibility index (Phi) is 5.86. The number of aromatic nitrogens is 2. The molecule has 9 heteroatoms. The zero-order chi connectivity index (χ0) is 21.1. The number of aromatic amines is 1. The summed E-state index contributed by atoms with van der Waals surface area (Å²) in [7, 11) is 1.48. The third kappa shape index (κ3) is 4.23. The fourth-order valence-corrected chi connectivity index (χ4v) is 3.31. The summed E-state index contributed by atoms with van der Waals surface area (Å²) in [6, 6.07) is 6.84. The van der Waals surface area contributed by atoms with Crippen molar-refractivity contribution in [2.24, 2.45) is 5.92 Å². The molecule has 1 aliphatic heterocycles. The Balaban J connectivity index is 2.02. The summed E-state index contributed by atoms with van der Waals surface area (Å²) in [6.45, 7) is 4.33. The van der Waals surface area contributed by atoms with Crippen LogP contribution < -0.4 is 26.6 Å². The third-order valence-electron chi connectivity index (χ3n) is 4.84. The maximum atomic E-state index is 13.0. The van der Waals surface area contributed by atoms with Gasteiger partial charge in [0.25, 0.3) is 5.56 Å². The molecule has 2 heterocycles. The van der Waals surface area contributed by atoms with E-state index in [2.05, 4.69) is 15.6 Å². The second-order valence-electron chi connectivity index (χ2n) is 7.35. The molecule has 154 valence electrons. The molecule has 1 aromatic carbocycles. The van der Waals surface area contributed by atoms with Crippen LogP contribution in [0.25, 0.3) is 0 Å². The number of rotatable bonds is 6. The van der Waals surface area contributed by atoms with Gasteiger partial charge in [0.15, 0.2) is 0 Å². The number of hydrogen-bond acceptors (Lipinski definition) is 5. The van der Waals surface area contributed by atoms with Gasteiger partial charge in [-0.25, -0.2) is 4.79 Å². The minimum atomic E-state index is -1.03. The predicted molar refractivity (Wildman–Crippen MR) is 108 cm³/mol. The number of anilines is 2. The minimum absolute atomic E-state index is 0.0837. The summed E-state index contributed by atoms with van der Waals surface area (Å²) >= 11 is 0. The first-order valence-corrected chi connectivity index (χ1v) is 9.42. The van der Waals surface area contributed by atoms with E-state index in [0.29, 0.717) is 30.3 Å². The van der Waals surface area contributed by atoms with E-state index >= 15 is 0 Å². The quantitative estimate of drug-likeness (QED) is 0.681. The molecule has 1 aromatic heterocycles. The van der Waals surface area contributed by atoms with Gasteiger partial charge >= 0.3 is 5.69 Å². The molecule has 0 spiro atoms. The summed E-state index contributed by atoms with van der Waals surface area (Å²) in [4.78, 5) is 52.4. The summed E-state index contributed by atoms with van der Waals surface area (Å²) in [5, 5.41) is 5.32. The molecule has 2 aromatic rings. The Hall–Kier alpha value is -3.36. The highest BCUT2D eigenvalue weighted by Crippen LogP contribution is 2.31. The van der Waals surface area contributed by atoms with E-state index in [-0.39, 0.29) is 17.8 Å². The van der Waals surface area contributed by atoms with Gasteiger partial charge in [-0.2, -0.15) is 0 Å². The van der Waals surface area contributed by atoms with E-state index < -0.39 is 29.0 Å². The van der Waals surface area contributed by atoms with E-state index in [1.807, 2.05) is 13.8 Å². The number of nitrogens with zero attached hydrogens (tertiary/aromatic N) is 1. The van der Waals surface area contributed by atoms with Gasteiger partial charge in [0.2, 0.25) is 11.8 Å². The second-order valence-corrected chi connectivity index (χ2v) is 7.35. The molecule has 0 radical (unpaired) electrons. The number of benzene rings is 1. The van der Waals surface area contributed by atoms with E-state index in [0.717, 1.165) is 0 Å². The number of methoxy groups -OCH3 is 1. The highest BCUT2D eigenvalue weighted by molar-refractivity contribution is 6.04. The standard InChI is InChI=1S/C20H24N4O5/c1-11(2)8-9-24-17-16(19(27)23-20(24)28)12(10-15(25)22-17)18(26)21-13-6-4-5-7-14(13)29-3/h4-7,11-12H,8-10H2,1-3H3,(H,21,26)(H,22,25)(H,23,27,28)/t12-/m1/s1. The second kappa shape index (κ2) is 8.34. The SMILES string of the molecule is COc1ccccc1NC(=O)[C@@H]1CC(=O)Nc2c1c(=O)[nH]c(=O)n2CCC(C)C. The van der Waals surface area contributed by atoms with Crippen LogP contribution in [-0.4, -0.2) is 28.5 Å². The van der Waals surface area contributed by atoms with Crippen molar-refractivity contribution < 1.29 is 14.3 Å². The molecule has 1 atom stereocenters. The summed E-state index contributed by atoms with van der Waals surface area (Å²) in [5.74, 6) is -1.12. The van der Waals surface area contributed by atoms with Gasteiger partial charge < -0.3 is 15.4 Å². The zero-order valence-corrected chi connectivity index (χ0v) is 16.6. The van der Waals surface area contributed by atoms with Gasteiger partial charge in [-0.15, -0.1) is 0 Å². The Labute approximate surface area is 167 Å². The first-order valence-electron chi connectivity index (χ1n) is 9.42. The molecule has 1 aliphatic rings. The zero-order valence-electron chi connectivity index (χ0n) is 16.6. The molecule has 0 bridgehead atoms. The fraction of sp³-hybridized carbons (Fsp3) is 0.400. The fourth-order valence-electron chi connectivity index (χ4n) is 3.31. The molecule has 3 N–H and O–H groups in total. The van der Waals surface area contributed by atoms with E-state index in [1.54, 1.807) is 24.3 Å². The lowest BCUT2D eigenvalue weighted by molar-refractivity contribution is -0.123. The first-order chi connectivity index (χ1) is 13.8. The molecule has 9 nitrogen and oxygen atoms in total. The summed E-state index contributed by atoms with van der Waals surface area (Å²) in [6.07, 6.45) is 0.478. The van der Waals surface area contributed by atoms with Crippen molar-refractivity contribution in [3.05, 3.63) is 50.7 Å². The number of nitrogens with one attached hydrogen (secondary N) is 3. The van der Waals surface area contributed by atoms with Crippen molar-refractivity contribution >= 4 is 23.3 Å². The first kappa shape index (κ1) is 20.4. The summed E-state index contributed by atoms with van der Waals surface area (Å²) < 4.78 is 6.55. The lowest BCUT2D eigenvalue weighted by Gasteiger charge is -2.26. The molecule has 0 saturated carbocycles. The molecular formula is C20H24N4O5. The Bertz CT molecular complexity index is 1050. The average Bonchev–Trinajstić information content (AvgIpc) is 2.67. The molecule has 29 heavy (non-hydrogen) atoms. The maximum absolute atomic E-state index is 13.0.